The topological polar surface area (TPSA) is 92.7 Å². The van der Waals surface area contributed by atoms with Gasteiger partial charge in [0.05, 0.1) is 5.52 Å². The molecule has 2 aromatic carbocycles. The van der Waals surface area contributed by atoms with Crippen molar-refractivity contribution in [2.75, 3.05) is 43.0 Å². The molecule has 150 valence electrons. The number of hydrogen-bond donors (Lipinski definition) is 2. The van der Waals surface area contributed by atoms with Crippen molar-refractivity contribution in [2.45, 2.75) is 4.90 Å². The molecule has 0 unspecified atom stereocenters. The van der Waals surface area contributed by atoms with Gasteiger partial charge in [0.25, 0.3) is 15.9 Å². The Morgan fingerprint density at radius 2 is 1.79 bits per heavy atom. The van der Waals surface area contributed by atoms with E-state index >= 15 is 0 Å². The highest BCUT2D eigenvalue weighted by molar-refractivity contribution is 7.90. The zero-order valence-corrected chi connectivity index (χ0v) is 16.4. The van der Waals surface area contributed by atoms with E-state index in [1.165, 1.54) is 10.0 Å². The van der Waals surface area contributed by atoms with Crippen molar-refractivity contribution in [3.8, 4) is 5.75 Å². The lowest BCUT2D eigenvalue weighted by atomic mass is 10.2. The third-order valence-corrected chi connectivity index (χ3v) is 7.01. The number of anilines is 2. The van der Waals surface area contributed by atoms with Crippen molar-refractivity contribution in [3.63, 3.8) is 0 Å². The van der Waals surface area contributed by atoms with Gasteiger partial charge in [-0.2, -0.15) is 0 Å². The molecule has 0 aliphatic carbocycles. The fraction of sp³-hybridized carbons (Fsp3) is 0.250. The predicted molar refractivity (Wildman–Crippen MR) is 110 cm³/mol. The molecule has 0 saturated carbocycles. The van der Waals surface area contributed by atoms with Crippen LogP contribution in [0.3, 0.4) is 0 Å². The first kappa shape index (κ1) is 18.0. The van der Waals surface area contributed by atoms with Crippen molar-refractivity contribution in [1.82, 2.24) is 9.29 Å². The van der Waals surface area contributed by atoms with Crippen LogP contribution in [0.25, 0.3) is 10.9 Å². The van der Waals surface area contributed by atoms with E-state index in [9.17, 15) is 13.2 Å². The Hall–Kier alpha value is -3.04. The fourth-order valence-corrected chi connectivity index (χ4v) is 5.42. The minimum Gasteiger partial charge on any atom is -0.482 e. The van der Waals surface area contributed by atoms with Crippen LogP contribution in [0.2, 0.25) is 0 Å². The summed E-state index contributed by atoms with van der Waals surface area (Å²) in [6.07, 6.45) is 1.57. The van der Waals surface area contributed by atoms with Crippen LogP contribution in [0.5, 0.6) is 5.75 Å². The number of carbonyl (C=O) groups is 1. The lowest BCUT2D eigenvalue weighted by Crippen LogP contribution is -2.43. The number of hydrogen-bond acceptors (Lipinski definition) is 6. The fourth-order valence-electron chi connectivity index (χ4n) is 3.91. The highest BCUT2D eigenvalue weighted by atomic mass is 32.2. The number of nitrogens with zero attached hydrogens (tertiary/aromatic N) is 2. The van der Waals surface area contributed by atoms with Gasteiger partial charge in [-0.15, -0.1) is 0 Å². The summed E-state index contributed by atoms with van der Waals surface area (Å²) >= 11 is 0. The molecule has 1 fully saturated rings. The molecule has 3 heterocycles. The molecule has 29 heavy (non-hydrogen) atoms. The predicted octanol–water partition coefficient (Wildman–Crippen LogP) is 1.62. The number of nitrogens with one attached hydrogen (secondary N) is 2. The second-order valence-electron chi connectivity index (χ2n) is 7.03. The van der Waals surface area contributed by atoms with E-state index in [-0.39, 0.29) is 23.1 Å². The van der Waals surface area contributed by atoms with E-state index in [1.807, 2.05) is 18.2 Å². The summed E-state index contributed by atoms with van der Waals surface area (Å²) in [6, 6.07) is 12.2. The molecule has 9 heteroatoms. The average Bonchev–Trinajstić information content (AvgIpc) is 3.19. The van der Waals surface area contributed by atoms with Gasteiger partial charge < -0.3 is 20.3 Å². The maximum atomic E-state index is 13.5. The van der Waals surface area contributed by atoms with Crippen LogP contribution >= 0.6 is 0 Å². The maximum Gasteiger partial charge on any atom is 0.270 e. The number of piperazine rings is 1. The van der Waals surface area contributed by atoms with Gasteiger partial charge in [-0.05, 0) is 30.3 Å². The Balaban J connectivity index is 1.64. The third kappa shape index (κ3) is 2.93. The standard InChI is InChI=1S/C20H20N4O4S/c25-19-13-28-17-5-2-6-18(20(17)22-19)29(26,27)24-10-7-14-15(3-1-4-16(14)24)23-11-8-21-9-12-23/h1-7,10,21H,8-9,11-13H2,(H,22,25). The number of carbonyl (C=O) groups excluding carboxylic acids is 1. The molecule has 3 aromatic rings. The molecular formula is C20H20N4O4S. The van der Waals surface area contributed by atoms with Gasteiger partial charge in [-0.3, -0.25) is 4.79 Å². The molecule has 1 saturated heterocycles. The van der Waals surface area contributed by atoms with Gasteiger partial charge in [-0.1, -0.05) is 12.1 Å². The lowest BCUT2D eigenvalue weighted by Gasteiger charge is -2.30. The van der Waals surface area contributed by atoms with Crippen molar-refractivity contribution in [2.24, 2.45) is 0 Å². The van der Waals surface area contributed by atoms with Gasteiger partial charge in [0, 0.05) is 43.4 Å². The van der Waals surface area contributed by atoms with Crippen molar-refractivity contribution in [1.29, 1.82) is 0 Å². The Labute approximate surface area is 168 Å². The average molecular weight is 412 g/mol. The number of rotatable bonds is 3. The quantitative estimate of drug-likeness (QED) is 0.679. The molecular weight excluding hydrogens is 392 g/mol. The summed E-state index contributed by atoms with van der Waals surface area (Å²) in [6.45, 7) is 3.40. The first-order chi connectivity index (χ1) is 14.1. The number of aromatic nitrogens is 1. The van der Waals surface area contributed by atoms with E-state index in [0.29, 0.717) is 11.3 Å². The van der Waals surface area contributed by atoms with Gasteiger partial charge in [-0.25, -0.2) is 12.4 Å². The summed E-state index contributed by atoms with van der Waals surface area (Å²) in [7, 11) is -3.94. The van der Waals surface area contributed by atoms with E-state index < -0.39 is 10.0 Å². The molecule has 0 radical (unpaired) electrons. The van der Waals surface area contributed by atoms with Gasteiger partial charge in [0.2, 0.25) is 0 Å². The van der Waals surface area contributed by atoms with Crippen LogP contribution < -0.4 is 20.3 Å². The number of fused-ring (bicyclic) bond motifs is 2. The Kier molecular flexibility index (Phi) is 4.21. The normalized spacial score (nSPS) is 17.0. The van der Waals surface area contributed by atoms with Gasteiger partial charge in [0.1, 0.15) is 16.3 Å². The van der Waals surface area contributed by atoms with E-state index in [0.717, 1.165) is 37.3 Å². The zero-order chi connectivity index (χ0) is 20.0. The largest absolute Gasteiger partial charge is 0.482 e. The summed E-state index contributed by atoms with van der Waals surface area (Å²) in [5, 5.41) is 6.84. The third-order valence-electron chi connectivity index (χ3n) is 5.28. The Morgan fingerprint density at radius 3 is 2.62 bits per heavy atom. The van der Waals surface area contributed by atoms with E-state index in [2.05, 4.69) is 15.5 Å². The number of para-hydroxylation sites is 1. The summed E-state index contributed by atoms with van der Waals surface area (Å²) in [5.41, 5.74) is 1.80. The molecule has 5 rings (SSSR count). The minimum absolute atomic E-state index is 0.00752. The van der Waals surface area contributed by atoms with Crippen LogP contribution in [0.15, 0.2) is 53.6 Å². The van der Waals surface area contributed by atoms with Crippen LogP contribution in [0.4, 0.5) is 11.4 Å². The number of benzene rings is 2. The summed E-state index contributed by atoms with van der Waals surface area (Å²) in [5.74, 6) is -0.0258. The maximum absolute atomic E-state index is 13.5. The molecule has 8 nitrogen and oxygen atoms in total. The highest BCUT2D eigenvalue weighted by Gasteiger charge is 2.28. The van der Waals surface area contributed by atoms with Crippen molar-refractivity contribution >= 4 is 38.2 Å². The van der Waals surface area contributed by atoms with Crippen LogP contribution in [-0.4, -0.2) is 51.1 Å². The molecule has 0 spiro atoms. The Morgan fingerprint density at radius 1 is 1.00 bits per heavy atom. The molecule has 2 aliphatic rings. The molecule has 0 bridgehead atoms. The minimum atomic E-state index is -3.94. The van der Waals surface area contributed by atoms with E-state index in [4.69, 9.17) is 4.74 Å². The second-order valence-corrected chi connectivity index (χ2v) is 8.81. The van der Waals surface area contributed by atoms with Crippen LogP contribution in [0, 0.1) is 0 Å². The molecule has 0 atom stereocenters. The molecule has 2 aliphatic heterocycles. The van der Waals surface area contributed by atoms with Gasteiger partial charge >= 0.3 is 0 Å². The highest BCUT2D eigenvalue weighted by Crippen LogP contribution is 2.37. The van der Waals surface area contributed by atoms with Crippen LogP contribution in [-0.2, 0) is 14.8 Å². The summed E-state index contributed by atoms with van der Waals surface area (Å²) < 4.78 is 33.7. The monoisotopic (exact) mass is 412 g/mol. The zero-order valence-electron chi connectivity index (χ0n) is 15.6. The van der Waals surface area contributed by atoms with Crippen LogP contribution in [0.1, 0.15) is 0 Å². The van der Waals surface area contributed by atoms with Gasteiger partial charge in [0.15, 0.2) is 6.61 Å². The van der Waals surface area contributed by atoms with E-state index in [1.54, 1.807) is 24.4 Å². The molecule has 1 aromatic heterocycles. The Bertz CT molecular complexity index is 1210. The molecule has 2 N–H and O–H groups in total. The molecule has 1 amide bonds. The first-order valence-corrected chi connectivity index (χ1v) is 10.9. The van der Waals surface area contributed by atoms with Crippen molar-refractivity contribution < 1.29 is 17.9 Å². The number of ether oxygens (including phenoxy) is 1. The second kappa shape index (κ2) is 6.78. The SMILES string of the molecule is O=C1COc2cccc(S(=O)(=O)n3ccc4c(N5CCNCC5)cccc43)c2N1. The summed E-state index contributed by atoms with van der Waals surface area (Å²) in [4.78, 5) is 14.0. The smallest absolute Gasteiger partial charge is 0.270 e. The number of amides is 1. The van der Waals surface area contributed by atoms with Crippen molar-refractivity contribution in [3.05, 3.63) is 48.7 Å². The first-order valence-electron chi connectivity index (χ1n) is 9.43. The lowest BCUT2D eigenvalue weighted by molar-refractivity contribution is -0.118.